The summed E-state index contributed by atoms with van der Waals surface area (Å²) in [6, 6.07) is 8.75. The second-order valence-electron chi connectivity index (χ2n) is 4.07. The Balaban J connectivity index is 2.14. The van der Waals surface area contributed by atoms with Crippen LogP contribution in [0.25, 0.3) is 0 Å². The summed E-state index contributed by atoms with van der Waals surface area (Å²) < 4.78 is 5.43. The van der Waals surface area contributed by atoms with Crippen molar-refractivity contribution in [2.24, 2.45) is 0 Å². The maximum atomic E-state index is 10.8. The third-order valence-electron chi connectivity index (χ3n) is 2.75. The Bertz CT molecular complexity index is 575. The number of rotatable bonds is 4. The molecule has 94 valence electrons. The third-order valence-corrected chi connectivity index (χ3v) is 2.75. The van der Waals surface area contributed by atoms with Crippen molar-refractivity contribution in [2.75, 3.05) is 5.32 Å². The highest BCUT2D eigenvalue weighted by Gasteiger charge is 2.12. The topological polar surface area (TPSA) is 68.3 Å². The van der Waals surface area contributed by atoms with E-state index in [2.05, 4.69) is 5.32 Å². The van der Waals surface area contributed by atoms with Gasteiger partial charge in [0.2, 0.25) is 0 Å². The maximum absolute atomic E-state index is 10.8. The first-order chi connectivity index (χ1) is 8.58. The molecule has 1 aromatic heterocycles. The minimum atomic E-state index is -0.377. The van der Waals surface area contributed by atoms with Crippen molar-refractivity contribution < 1.29 is 9.34 Å². The molecule has 0 spiro atoms. The standard InChI is InChI=1S/C13H14N2O3/c1-9-6-7-11(18-9)8-14-12-4-3-5-13(10(12)2)15(16)17/h3-7,14H,8H2,1-2H3. The van der Waals surface area contributed by atoms with Crippen LogP contribution in [0.2, 0.25) is 0 Å². The number of nitrogens with zero attached hydrogens (tertiary/aromatic N) is 1. The Morgan fingerprint density at radius 3 is 2.67 bits per heavy atom. The van der Waals surface area contributed by atoms with Gasteiger partial charge in [0.15, 0.2) is 0 Å². The van der Waals surface area contributed by atoms with Gasteiger partial charge in [0.25, 0.3) is 5.69 Å². The molecule has 0 saturated heterocycles. The Labute approximate surface area is 105 Å². The highest BCUT2D eigenvalue weighted by Crippen LogP contribution is 2.25. The number of nitrogens with one attached hydrogen (secondary N) is 1. The molecule has 0 aliphatic carbocycles. The lowest BCUT2D eigenvalue weighted by molar-refractivity contribution is -0.385. The highest BCUT2D eigenvalue weighted by atomic mass is 16.6. The van der Waals surface area contributed by atoms with Crippen molar-refractivity contribution in [1.82, 2.24) is 0 Å². The third kappa shape index (κ3) is 2.51. The molecule has 18 heavy (non-hydrogen) atoms. The molecule has 0 unspecified atom stereocenters. The summed E-state index contributed by atoms with van der Waals surface area (Å²) in [5, 5.41) is 14.0. The van der Waals surface area contributed by atoms with Gasteiger partial charge in [-0.15, -0.1) is 0 Å². The van der Waals surface area contributed by atoms with Crippen LogP contribution in [0.1, 0.15) is 17.1 Å². The van der Waals surface area contributed by atoms with Crippen molar-refractivity contribution in [3.05, 3.63) is 57.5 Å². The molecule has 0 saturated carbocycles. The monoisotopic (exact) mass is 246 g/mol. The van der Waals surface area contributed by atoms with Crippen LogP contribution in [0.15, 0.2) is 34.7 Å². The van der Waals surface area contributed by atoms with E-state index in [0.29, 0.717) is 12.1 Å². The average molecular weight is 246 g/mol. The quantitative estimate of drug-likeness (QED) is 0.663. The average Bonchev–Trinajstić information content (AvgIpc) is 2.73. The van der Waals surface area contributed by atoms with Crippen LogP contribution in [-0.2, 0) is 6.54 Å². The molecule has 2 rings (SSSR count). The minimum Gasteiger partial charge on any atom is -0.465 e. The van der Waals surface area contributed by atoms with E-state index in [-0.39, 0.29) is 10.6 Å². The number of aryl methyl sites for hydroxylation is 1. The Kier molecular flexibility index (Phi) is 3.32. The fraction of sp³-hybridized carbons (Fsp3) is 0.231. The number of anilines is 1. The van der Waals surface area contributed by atoms with Crippen molar-refractivity contribution in [2.45, 2.75) is 20.4 Å². The summed E-state index contributed by atoms with van der Waals surface area (Å²) >= 11 is 0. The molecule has 5 nitrogen and oxygen atoms in total. The lowest BCUT2D eigenvalue weighted by Gasteiger charge is -2.08. The van der Waals surface area contributed by atoms with Crippen molar-refractivity contribution in [3.8, 4) is 0 Å². The van der Waals surface area contributed by atoms with E-state index in [1.165, 1.54) is 6.07 Å². The van der Waals surface area contributed by atoms with Crippen molar-refractivity contribution >= 4 is 11.4 Å². The van der Waals surface area contributed by atoms with Gasteiger partial charge in [-0.3, -0.25) is 10.1 Å². The van der Waals surface area contributed by atoms with E-state index < -0.39 is 0 Å². The van der Waals surface area contributed by atoms with Gasteiger partial charge < -0.3 is 9.73 Å². The molecule has 0 radical (unpaired) electrons. The SMILES string of the molecule is Cc1ccc(CNc2cccc([N+](=O)[O-])c2C)o1. The van der Waals surface area contributed by atoms with Crippen LogP contribution in [0.5, 0.6) is 0 Å². The van der Waals surface area contributed by atoms with Gasteiger partial charge in [-0.05, 0) is 32.0 Å². The normalized spacial score (nSPS) is 10.3. The predicted octanol–water partition coefficient (Wildman–Crippen LogP) is 3.42. The number of nitro benzene ring substituents is 1. The molecule has 0 fully saturated rings. The van der Waals surface area contributed by atoms with Crippen LogP contribution >= 0.6 is 0 Å². The fourth-order valence-corrected chi connectivity index (χ4v) is 1.78. The zero-order valence-corrected chi connectivity index (χ0v) is 10.3. The first kappa shape index (κ1) is 12.2. The summed E-state index contributed by atoms with van der Waals surface area (Å²) in [6.45, 7) is 4.12. The number of nitro groups is 1. The second kappa shape index (κ2) is 4.91. The van der Waals surface area contributed by atoms with Gasteiger partial charge >= 0.3 is 0 Å². The Morgan fingerprint density at radius 1 is 1.28 bits per heavy atom. The number of furan rings is 1. The molecular weight excluding hydrogens is 232 g/mol. The number of hydrogen-bond acceptors (Lipinski definition) is 4. The first-order valence-corrected chi connectivity index (χ1v) is 5.61. The fourth-order valence-electron chi connectivity index (χ4n) is 1.78. The van der Waals surface area contributed by atoms with Crippen molar-refractivity contribution in [3.63, 3.8) is 0 Å². The van der Waals surface area contributed by atoms with Gasteiger partial charge in [-0.1, -0.05) is 6.07 Å². The van der Waals surface area contributed by atoms with E-state index in [0.717, 1.165) is 17.2 Å². The molecule has 1 heterocycles. The van der Waals surface area contributed by atoms with E-state index in [1.54, 1.807) is 13.0 Å². The maximum Gasteiger partial charge on any atom is 0.274 e. The number of hydrogen-bond donors (Lipinski definition) is 1. The zero-order valence-electron chi connectivity index (χ0n) is 10.3. The van der Waals surface area contributed by atoms with Crippen LogP contribution in [0, 0.1) is 24.0 Å². The Morgan fingerprint density at radius 2 is 2.06 bits per heavy atom. The molecule has 1 N–H and O–H groups in total. The first-order valence-electron chi connectivity index (χ1n) is 5.61. The minimum absolute atomic E-state index is 0.121. The second-order valence-corrected chi connectivity index (χ2v) is 4.07. The summed E-state index contributed by atoms with van der Waals surface area (Å²) in [5.41, 5.74) is 1.50. The van der Waals surface area contributed by atoms with Crippen LogP contribution < -0.4 is 5.32 Å². The molecule has 1 aromatic carbocycles. The van der Waals surface area contributed by atoms with Crippen molar-refractivity contribution in [1.29, 1.82) is 0 Å². The largest absolute Gasteiger partial charge is 0.465 e. The molecule has 2 aromatic rings. The predicted molar refractivity (Wildman–Crippen MR) is 68.6 cm³/mol. The lowest BCUT2D eigenvalue weighted by Crippen LogP contribution is -2.02. The smallest absolute Gasteiger partial charge is 0.274 e. The van der Waals surface area contributed by atoms with Gasteiger partial charge in [-0.2, -0.15) is 0 Å². The molecule has 0 aliphatic rings. The van der Waals surface area contributed by atoms with Crippen LogP contribution in [0.4, 0.5) is 11.4 Å². The van der Waals surface area contributed by atoms with Gasteiger partial charge in [0.05, 0.1) is 11.5 Å². The molecular formula is C13H14N2O3. The van der Waals surface area contributed by atoms with Gasteiger partial charge in [0.1, 0.15) is 11.5 Å². The van der Waals surface area contributed by atoms with E-state index in [1.807, 2.05) is 25.1 Å². The van der Waals surface area contributed by atoms with Crippen LogP contribution in [0.3, 0.4) is 0 Å². The molecule has 0 amide bonds. The summed E-state index contributed by atoms with van der Waals surface area (Å²) in [4.78, 5) is 10.4. The lowest BCUT2D eigenvalue weighted by atomic mass is 10.1. The van der Waals surface area contributed by atoms with Gasteiger partial charge in [-0.25, -0.2) is 0 Å². The highest BCUT2D eigenvalue weighted by molar-refractivity contribution is 5.59. The van der Waals surface area contributed by atoms with Gasteiger partial charge in [0, 0.05) is 17.3 Å². The van der Waals surface area contributed by atoms with E-state index in [4.69, 9.17) is 4.42 Å². The Hall–Kier alpha value is -2.30. The van der Waals surface area contributed by atoms with Crippen LogP contribution in [-0.4, -0.2) is 4.92 Å². The molecule has 0 atom stereocenters. The van der Waals surface area contributed by atoms with E-state index >= 15 is 0 Å². The molecule has 0 bridgehead atoms. The molecule has 5 heteroatoms. The summed E-state index contributed by atoms with van der Waals surface area (Å²) in [7, 11) is 0. The molecule has 0 aliphatic heterocycles. The van der Waals surface area contributed by atoms with E-state index in [9.17, 15) is 10.1 Å². The summed E-state index contributed by atoms with van der Waals surface area (Å²) in [5.74, 6) is 1.65. The zero-order chi connectivity index (χ0) is 13.1. The number of benzene rings is 1. The summed E-state index contributed by atoms with van der Waals surface area (Å²) in [6.07, 6.45) is 0.